The summed E-state index contributed by atoms with van der Waals surface area (Å²) < 4.78 is 3.80. The molecule has 4 rings (SSSR count). The summed E-state index contributed by atoms with van der Waals surface area (Å²) in [5.74, 6) is -0.252. The van der Waals surface area contributed by atoms with Crippen LogP contribution in [0.25, 0.3) is 0 Å². The largest absolute Gasteiger partial charge is 0.349 e. The van der Waals surface area contributed by atoms with Gasteiger partial charge in [0, 0.05) is 36.0 Å². The molecule has 4 aliphatic heterocycles. The van der Waals surface area contributed by atoms with Crippen molar-refractivity contribution in [1.29, 1.82) is 0 Å². The first kappa shape index (κ1) is 22.8. The number of thiocarbonyl (C=S) groups is 1. The van der Waals surface area contributed by atoms with Gasteiger partial charge in [0.2, 0.25) is 10.2 Å². The van der Waals surface area contributed by atoms with E-state index >= 15 is 0 Å². The predicted molar refractivity (Wildman–Crippen MR) is 112 cm³/mol. The van der Waals surface area contributed by atoms with Gasteiger partial charge in [0.05, 0.1) is 30.7 Å². The van der Waals surface area contributed by atoms with Crippen LogP contribution in [0.1, 0.15) is 53.4 Å². The SMILES string of the molecule is CC1=NN=CC1.CC1=NOC(=O)C1.CC1=NOC(=S)C1.CC1=NSC(=O)C1. The van der Waals surface area contributed by atoms with E-state index in [4.69, 9.17) is 0 Å². The Labute approximate surface area is 167 Å². The summed E-state index contributed by atoms with van der Waals surface area (Å²) in [5.41, 5.74) is 3.76. The van der Waals surface area contributed by atoms with E-state index in [0.717, 1.165) is 47.6 Å². The van der Waals surface area contributed by atoms with Gasteiger partial charge in [-0.25, -0.2) is 9.19 Å². The minimum absolute atomic E-state index is 0.164. The molecule has 4 heterocycles. The molecular formula is C16H21N5O4S2. The van der Waals surface area contributed by atoms with Crippen molar-refractivity contribution in [3.63, 3.8) is 0 Å². The van der Waals surface area contributed by atoms with Crippen molar-refractivity contribution < 1.29 is 19.3 Å². The first-order valence-corrected chi connectivity index (χ1v) is 9.19. The van der Waals surface area contributed by atoms with Gasteiger partial charge in [-0.15, -0.1) is 0 Å². The van der Waals surface area contributed by atoms with Gasteiger partial charge in [-0.1, -0.05) is 10.3 Å². The van der Waals surface area contributed by atoms with Gasteiger partial charge in [-0.3, -0.25) is 4.79 Å². The van der Waals surface area contributed by atoms with E-state index in [0.29, 0.717) is 17.9 Å². The average Bonchev–Trinajstić information content (AvgIpc) is 3.37. The van der Waals surface area contributed by atoms with E-state index in [1.165, 1.54) is 0 Å². The maximum absolute atomic E-state index is 10.3. The quantitative estimate of drug-likeness (QED) is 0.343. The van der Waals surface area contributed by atoms with Crippen molar-refractivity contribution in [2.45, 2.75) is 53.4 Å². The number of oxime groups is 2. The second kappa shape index (κ2) is 12.2. The maximum Gasteiger partial charge on any atom is 0.340 e. The molecule has 0 spiro atoms. The predicted octanol–water partition coefficient (Wildman–Crippen LogP) is 3.28. The molecule has 0 unspecified atom stereocenters. The Hall–Kier alpha value is -2.27. The van der Waals surface area contributed by atoms with Crippen molar-refractivity contribution in [3.05, 3.63) is 0 Å². The summed E-state index contributed by atoms with van der Waals surface area (Å²) in [6.45, 7) is 7.47. The molecule has 0 radical (unpaired) electrons. The standard InChI is InChI=1S/C4H6N2.C4H5NO2.2C4H5NOS/c1-4-2-3-5-6-4;2*1-3-2-4(6)7-5-3;1-3-2-4(7)6-5-3/h3H,2H2,1H3;3*2H2,1H3. The van der Waals surface area contributed by atoms with Crippen LogP contribution in [-0.4, -0.2) is 45.2 Å². The van der Waals surface area contributed by atoms with Crippen LogP contribution < -0.4 is 0 Å². The average molecular weight is 412 g/mol. The Bertz CT molecular complexity index is 665. The molecule has 0 amide bonds. The van der Waals surface area contributed by atoms with E-state index in [-0.39, 0.29) is 11.1 Å². The van der Waals surface area contributed by atoms with Crippen molar-refractivity contribution >= 4 is 69.4 Å². The zero-order chi connectivity index (χ0) is 20.2. The Balaban J connectivity index is 0.000000180. The highest BCUT2D eigenvalue weighted by Gasteiger charge is 2.11. The van der Waals surface area contributed by atoms with Crippen LogP contribution in [0.4, 0.5) is 0 Å². The summed E-state index contributed by atoms with van der Waals surface area (Å²) in [6.07, 6.45) is 4.38. The minimum Gasteiger partial charge on any atom is -0.349 e. The lowest BCUT2D eigenvalue weighted by atomic mass is 10.3. The first-order chi connectivity index (χ1) is 12.8. The third kappa shape index (κ3) is 11.1. The number of rotatable bonds is 0. The Morgan fingerprint density at radius 1 is 0.926 bits per heavy atom. The van der Waals surface area contributed by atoms with E-state index < -0.39 is 0 Å². The highest BCUT2D eigenvalue weighted by molar-refractivity contribution is 8.13. The zero-order valence-corrected chi connectivity index (χ0v) is 17.2. The minimum atomic E-state index is -0.252. The summed E-state index contributed by atoms with van der Waals surface area (Å²) in [7, 11) is 0. The molecule has 9 nitrogen and oxygen atoms in total. The van der Waals surface area contributed by atoms with Crippen LogP contribution in [0.5, 0.6) is 0 Å². The van der Waals surface area contributed by atoms with E-state index in [9.17, 15) is 9.59 Å². The van der Waals surface area contributed by atoms with Gasteiger partial charge in [0.1, 0.15) is 0 Å². The summed E-state index contributed by atoms with van der Waals surface area (Å²) in [5, 5.41) is 15.1. The van der Waals surface area contributed by atoms with Gasteiger partial charge in [-0.05, 0) is 39.9 Å². The molecule has 4 aliphatic rings. The van der Waals surface area contributed by atoms with E-state index in [1.54, 1.807) is 13.1 Å². The van der Waals surface area contributed by atoms with Crippen molar-refractivity contribution in [2.24, 2.45) is 24.9 Å². The first-order valence-electron chi connectivity index (χ1n) is 8.01. The van der Waals surface area contributed by atoms with E-state index in [2.05, 4.69) is 46.8 Å². The molecule has 146 valence electrons. The monoisotopic (exact) mass is 411 g/mol. The fraction of sp³-hybridized carbons (Fsp3) is 0.500. The van der Waals surface area contributed by atoms with Crippen LogP contribution in [0.15, 0.2) is 24.9 Å². The fourth-order valence-corrected chi connectivity index (χ4v) is 2.40. The molecule has 0 fully saturated rings. The number of nitrogens with zero attached hydrogens (tertiary/aromatic N) is 5. The van der Waals surface area contributed by atoms with Crippen molar-refractivity contribution in [1.82, 2.24) is 0 Å². The van der Waals surface area contributed by atoms with Crippen molar-refractivity contribution in [2.75, 3.05) is 0 Å². The highest BCUT2D eigenvalue weighted by atomic mass is 32.2. The summed E-state index contributed by atoms with van der Waals surface area (Å²) in [6, 6.07) is 0. The maximum atomic E-state index is 10.3. The van der Waals surface area contributed by atoms with Crippen LogP contribution in [-0.2, 0) is 19.3 Å². The number of hydrogen-bond donors (Lipinski definition) is 0. The molecule has 0 atom stereocenters. The van der Waals surface area contributed by atoms with Gasteiger partial charge in [-0.2, -0.15) is 10.2 Å². The molecule has 0 N–H and O–H groups in total. The number of carbonyl (C=O) groups is 2. The number of hydrogen-bond acceptors (Lipinski definition) is 11. The molecule has 0 aromatic rings. The third-order valence-corrected chi connectivity index (χ3v) is 3.78. The molecule has 0 saturated carbocycles. The van der Waals surface area contributed by atoms with Crippen LogP contribution in [0.3, 0.4) is 0 Å². The zero-order valence-electron chi connectivity index (χ0n) is 15.6. The Morgan fingerprint density at radius 3 is 1.74 bits per heavy atom. The van der Waals surface area contributed by atoms with Gasteiger partial charge in [0.25, 0.3) is 0 Å². The van der Waals surface area contributed by atoms with Gasteiger partial charge >= 0.3 is 5.97 Å². The van der Waals surface area contributed by atoms with Crippen molar-refractivity contribution in [3.8, 4) is 0 Å². The summed E-state index contributed by atoms with van der Waals surface area (Å²) >= 11 is 5.71. The molecule has 0 saturated heterocycles. The topological polar surface area (TPSA) is 114 Å². The normalized spacial score (nSPS) is 19.2. The second-order valence-electron chi connectivity index (χ2n) is 5.74. The lowest BCUT2D eigenvalue weighted by Crippen LogP contribution is -1.92. The molecule has 0 bridgehead atoms. The fourth-order valence-electron chi connectivity index (χ4n) is 1.56. The summed E-state index contributed by atoms with van der Waals surface area (Å²) in [4.78, 5) is 29.2. The van der Waals surface area contributed by atoms with Gasteiger partial charge in [0.15, 0.2) is 0 Å². The molecular weight excluding hydrogens is 390 g/mol. The second-order valence-corrected chi connectivity index (χ2v) is 7.01. The molecule has 0 aromatic carbocycles. The molecule has 0 aromatic heterocycles. The van der Waals surface area contributed by atoms with Crippen LogP contribution in [0.2, 0.25) is 0 Å². The number of carbonyl (C=O) groups excluding carboxylic acids is 2. The Kier molecular flexibility index (Phi) is 10.3. The molecule has 11 heteroatoms. The third-order valence-electron chi connectivity index (χ3n) is 2.81. The van der Waals surface area contributed by atoms with Crippen LogP contribution >= 0.6 is 24.2 Å². The molecule has 0 aliphatic carbocycles. The van der Waals surface area contributed by atoms with Gasteiger partial charge < -0.3 is 9.68 Å². The lowest BCUT2D eigenvalue weighted by Gasteiger charge is -1.79. The van der Waals surface area contributed by atoms with E-state index in [1.807, 2.05) is 20.8 Å². The lowest BCUT2D eigenvalue weighted by molar-refractivity contribution is -0.140. The highest BCUT2D eigenvalue weighted by Crippen LogP contribution is 2.15. The van der Waals surface area contributed by atoms with Crippen LogP contribution in [0, 0.1) is 0 Å². The smallest absolute Gasteiger partial charge is 0.340 e. The molecule has 27 heavy (non-hydrogen) atoms. The Morgan fingerprint density at radius 2 is 1.59 bits per heavy atom.